The second-order valence-electron chi connectivity index (χ2n) is 6.72. The summed E-state index contributed by atoms with van der Waals surface area (Å²) in [5.41, 5.74) is 1.23. The first-order valence-electron chi connectivity index (χ1n) is 8.77. The predicted molar refractivity (Wildman–Crippen MR) is 103 cm³/mol. The molecule has 0 aliphatic carbocycles. The van der Waals surface area contributed by atoms with E-state index in [-0.39, 0.29) is 24.1 Å². The highest BCUT2D eigenvalue weighted by Crippen LogP contribution is 2.24. The molecule has 3 aromatic rings. The number of carbonyl (C=O) groups is 1. The molecule has 0 aliphatic rings. The van der Waals surface area contributed by atoms with E-state index in [1.807, 2.05) is 38.2 Å². The Morgan fingerprint density at radius 2 is 1.96 bits per heavy atom. The van der Waals surface area contributed by atoms with Crippen LogP contribution in [0.4, 0.5) is 8.78 Å². The fourth-order valence-electron chi connectivity index (χ4n) is 2.92. The number of hydrogen-bond acceptors (Lipinski definition) is 3. The maximum absolute atomic E-state index is 13.9. The van der Waals surface area contributed by atoms with Crippen LogP contribution in [0.2, 0.25) is 0 Å². The van der Waals surface area contributed by atoms with Gasteiger partial charge in [-0.25, -0.2) is 13.8 Å². The van der Waals surface area contributed by atoms with Crippen LogP contribution < -0.4 is 10.2 Å². The molecule has 0 aliphatic heterocycles. The minimum atomic E-state index is -0.661. The second kappa shape index (κ2) is 8.10. The Bertz CT molecular complexity index is 926. The Kier molecular flexibility index (Phi) is 5.82. The van der Waals surface area contributed by atoms with Crippen molar-refractivity contribution in [2.75, 3.05) is 13.6 Å². The van der Waals surface area contributed by atoms with E-state index in [1.165, 1.54) is 12.1 Å². The van der Waals surface area contributed by atoms with E-state index in [0.717, 1.165) is 26.2 Å². The lowest BCUT2D eigenvalue weighted by Crippen LogP contribution is -3.10. The molecule has 0 bridgehead atoms. The van der Waals surface area contributed by atoms with E-state index in [9.17, 15) is 13.6 Å². The molecule has 2 N–H and O–H groups in total. The van der Waals surface area contributed by atoms with Crippen molar-refractivity contribution in [1.29, 1.82) is 0 Å². The number of benzene rings is 2. The molecule has 1 heterocycles. The lowest BCUT2D eigenvalue weighted by Gasteiger charge is -2.21. The van der Waals surface area contributed by atoms with Crippen LogP contribution in [-0.2, 0) is 4.79 Å². The number of likely N-dealkylation sites (N-methyl/N-ethyl adjacent to an activating group) is 1. The van der Waals surface area contributed by atoms with Crippen molar-refractivity contribution >= 4 is 27.5 Å². The number of fused-ring (bicyclic) bond motifs is 1. The highest BCUT2D eigenvalue weighted by atomic mass is 32.1. The summed E-state index contributed by atoms with van der Waals surface area (Å²) in [5, 5.41) is 3.75. The van der Waals surface area contributed by atoms with Crippen molar-refractivity contribution in [3.63, 3.8) is 0 Å². The molecule has 7 heteroatoms. The summed E-state index contributed by atoms with van der Waals surface area (Å²) in [5.74, 6) is -1.49. The van der Waals surface area contributed by atoms with Crippen molar-refractivity contribution in [2.45, 2.75) is 25.9 Å². The van der Waals surface area contributed by atoms with E-state index < -0.39 is 17.7 Å². The largest absolute Gasteiger partial charge is 0.345 e. The maximum Gasteiger partial charge on any atom is 0.275 e. The van der Waals surface area contributed by atoms with Gasteiger partial charge in [0.1, 0.15) is 17.7 Å². The lowest BCUT2D eigenvalue weighted by atomic mass is 10.1. The Labute approximate surface area is 160 Å². The molecular weight excluding hydrogens is 368 g/mol. The molecule has 4 nitrogen and oxygen atoms in total. The third kappa shape index (κ3) is 4.48. The molecule has 0 fully saturated rings. The van der Waals surface area contributed by atoms with Crippen LogP contribution in [-0.4, -0.2) is 24.5 Å². The number of nitrogens with one attached hydrogen (secondary N) is 2. The fourth-order valence-corrected chi connectivity index (χ4v) is 4.03. The van der Waals surface area contributed by atoms with Crippen molar-refractivity contribution in [3.05, 3.63) is 64.7 Å². The number of aromatic nitrogens is 1. The van der Waals surface area contributed by atoms with Crippen LogP contribution in [0.3, 0.4) is 0 Å². The first kappa shape index (κ1) is 19.4. The molecule has 3 atom stereocenters. The smallest absolute Gasteiger partial charge is 0.275 e. The van der Waals surface area contributed by atoms with Gasteiger partial charge in [0.2, 0.25) is 0 Å². The number of halogens is 2. The number of para-hydroxylation sites is 1. The number of amides is 1. The van der Waals surface area contributed by atoms with Crippen LogP contribution in [0.25, 0.3) is 10.2 Å². The van der Waals surface area contributed by atoms with Gasteiger partial charge >= 0.3 is 0 Å². The Morgan fingerprint density at radius 1 is 1.22 bits per heavy atom. The van der Waals surface area contributed by atoms with Crippen LogP contribution >= 0.6 is 11.3 Å². The Morgan fingerprint density at radius 3 is 2.67 bits per heavy atom. The summed E-state index contributed by atoms with van der Waals surface area (Å²) in [6, 6.07) is 10.8. The third-order valence-corrected chi connectivity index (χ3v) is 5.89. The molecule has 0 saturated carbocycles. The molecule has 1 amide bonds. The van der Waals surface area contributed by atoms with E-state index in [0.29, 0.717) is 0 Å². The normalized spacial score (nSPS) is 14.7. The molecule has 2 aromatic carbocycles. The molecule has 27 heavy (non-hydrogen) atoms. The van der Waals surface area contributed by atoms with Gasteiger partial charge in [0.05, 0.1) is 23.3 Å². The molecule has 1 aromatic heterocycles. The van der Waals surface area contributed by atoms with E-state index in [4.69, 9.17) is 0 Å². The first-order chi connectivity index (χ1) is 12.8. The number of rotatable bonds is 6. The summed E-state index contributed by atoms with van der Waals surface area (Å²) in [7, 11) is 1.93. The van der Waals surface area contributed by atoms with Crippen LogP contribution in [0.15, 0.2) is 42.5 Å². The number of thiazole rings is 1. The van der Waals surface area contributed by atoms with Crippen LogP contribution in [0, 0.1) is 11.6 Å². The fraction of sp³-hybridized carbons (Fsp3) is 0.300. The van der Waals surface area contributed by atoms with Crippen molar-refractivity contribution < 1.29 is 18.5 Å². The quantitative estimate of drug-likeness (QED) is 0.680. The van der Waals surface area contributed by atoms with Gasteiger partial charge in [-0.15, -0.1) is 11.3 Å². The standard InChI is InChI=1S/C20H21F2N3OS/c1-12(15-9-8-14(21)10-16(15)22)23-19(26)11-25(3)13(2)20-24-17-6-4-5-7-18(17)27-20/h4-10,12-13H,11H2,1-3H3,(H,23,26)/p+1/t12-,13+/m1/s1. The van der Waals surface area contributed by atoms with E-state index in [1.54, 1.807) is 18.3 Å². The number of hydrogen-bond donors (Lipinski definition) is 2. The van der Waals surface area contributed by atoms with Crippen molar-refractivity contribution in [3.8, 4) is 0 Å². The van der Waals surface area contributed by atoms with E-state index in [2.05, 4.69) is 10.3 Å². The van der Waals surface area contributed by atoms with Gasteiger partial charge < -0.3 is 10.2 Å². The highest BCUT2D eigenvalue weighted by molar-refractivity contribution is 7.18. The number of nitrogens with zero attached hydrogens (tertiary/aromatic N) is 1. The molecule has 0 saturated heterocycles. The molecule has 142 valence electrons. The molecular formula is C20H22F2N3OS+. The summed E-state index contributed by atoms with van der Waals surface area (Å²) < 4.78 is 28.0. The Balaban J connectivity index is 1.62. The van der Waals surface area contributed by atoms with Crippen LogP contribution in [0.5, 0.6) is 0 Å². The van der Waals surface area contributed by atoms with Gasteiger partial charge in [-0.1, -0.05) is 18.2 Å². The minimum Gasteiger partial charge on any atom is -0.345 e. The molecule has 0 spiro atoms. The lowest BCUT2D eigenvalue weighted by molar-refractivity contribution is -0.902. The summed E-state index contributed by atoms with van der Waals surface area (Å²) >= 11 is 1.63. The number of quaternary nitrogens is 1. The molecule has 0 radical (unpaired) electrons. The second-order valence-corrected chi connectivity index (χ2v) is 7.78. The SMILES string of the molecule is C[C@@H](NC(=O)C[NH+](C)[C@@H](C)c1nc2ccccc2s1)c1ccc(F)cc1F. The van der Waals surface area contributed by atoms with Gasteiger partial charge in [-0.05, 0) is 32.0 Å². The van der Waals surface area contributed by atoms with Gasteiger partial charge in [-0.2, -0.15) is 0 Å². The van der Waals surface area contributed by atoms with Crippen molar-refractivity contribution in [1.82, 2.24) is 10.3 Å². The third-order valence-electron chi connectivity index (χ3n) is 4.67. The van der Waals surface area contributed by atoms with Gasteiger partial charge in [0, 0.05) is 11.6 Å². The average Bonchev–Trinajstić information content (AvgIpc) is 3.04. The zero-order chi connectivity index (χ0) is 19.6. The number of carbonyl (C=O) groups excluding carboxylic acids is 1. The summed E-state index contributed by atoms with van der Waals surface area (Å²) in [6.07, 6.45) is 0. The zero-order valence-corrected chi connectivity index (χ0v) is 16.2. The molecule has 3 rings (SSSR count). The van der Waals surface area contributed by atoms with Crippen molar-refractivity contribution in [2.24, 2.45) is 0 Å². The highest BCUT2D eigenvalue weighted by Gasteiger charge is 2.23. The first-order valence-corrected chi connectivity index (χ1v) is 9.59. The van der Waals surface area contributed by atoms with Gasteiger partial charge in [0.25, 0.3) is 5.91 Å². The molecule has 1 unspecified atom stereocenters. The summed E-state index contributed by atoms with van der Waals surface area (Å²) in [4.78, 5) is 18.0. The topological polar surface area (TPSA) is 46.4 Å². The maximum atomic E-state index is 13.9. The minimum absolute atomic E-state index is 0.0472. The van der Waals surface area contributed by atoms with Crippen LogP contribution in [0.1, 0.15) is 36.5 Å². The van der Waals surface area contributed by atoms with E-state index >= 15 is 0 Å². The average molecular weight is 390 g/mol. The van der Waals surface area contributed by atoms with Gasteiger partial charge in [-0.3, -0.25) is 4.79 Å². The predicted octanol–water partition coefficient (Wildman–Crippen LogP) is 3.03. The van der Waals surface area contributed by atoms with Gasteiger partial charge in [0.15, 0.2) is 11.6 Å². The zero-order valence-electron chi connectivity index (χ0n) is 15.4. The summed E-state index contributed by atoms with van der Waals surface area (Å²) in [6.45, 7) is 3.94. The Hall–Kier alpha value is -2.38. The monoisotopic (exact) mass is 390 g/mol.